The van der Waals surface area contributed by atoms with E-state index in [9.17, 15) is 4.79 Å². The van der Waals surface area contributed by atoms with Crippen molar-refractivity contribution in [1.82, 2.24) is 15.6 Å². The van der Waals surface area contributed by atoms with Gasteiger partial charge in [0.1, 0.15) is 5.01 Å². The summed E-state index contributed by atoms with van der Waals surface area (Å²) < 4.78 is 0. The maximum atomic E-state index is 11.9. The molecule has 4 nitrogen and oxygen atoms in total. The monoisotopic (exact) mass is 289 g/mol. The molecule has 0 spiro atoms. The first-order chi connectivity index (χ1) is 8.20. The molecule has 18 heavy (non-hydrogen) atoms. The van der Waals surface area contributed by atoms with E-state index in [2.05, 4.69) is 22.5 Å². The van der Waals surface area contributed by atoms with Crippen LogP contribution in [0, 0.1) is 5.92 Å². The third kappa shape index (κ3) is 3.67. The van der Waals surface area contributed by atoms with Gasteiger partial charge in [-0.2, -0.15) is 0 Å². The van der Waals surface area contributed by atoms with E-state index in [-0.39, 0.29) is 30.3 Å². The van der Waals surface area contributed by atoms with Gasteiger partial charge in [0.05, 0.1) is 12.0 Å². The van der Waals surface area contributed by atoms with E-state index in [1.165, 1.54) is 4.88 Å². The molecule has 102 valence electrons. The lowest BCUT2D eigenvalue weighted by atomic mass is 10.1. The summed E-state index contributed by atoms with van der Waals surface area (Å²) in [5.74, 6) is 0.277. The molecule has 2 N–H and O–H groups in total. The maximum Gasteiger partial charge on any atom is 0.224 e. The number of rotatable bonds is 4. The first-order valence-electron chi connectivity index (χ1n) is 6.16. The largest absolute Gasteiger partial charge is 0.347 e. The molecule has 1 aliphatic heterocycles. The lowest BCUT2D eigenvalue weighted by Gasteiger charge is -2.14. The maximum absolute atomic E-state index is 11.9. The summed E-state index contributed by atoms with van der Waals surface area (Å²) in [6.07, 6.45) is 3.85. The van der Waals surface area contributed by atoms with Crippen LogP contribution in [0.5, 0.6) is 0 Å². The van der Waals surface area contributed by atoms with Gasteiger partial charge in [-0.25, -0.2) is 4.98 Å². The minimum atomic E-state index is 0. The van der Waals surface area contributed by atoms with Gasteiger partial charge in [0.2, 0.25) is 5.91 Å². The van der Waals surface area contributed by atoms with Crippen LogP contribution in [0.15, 0.2) is 6.20 Å². The molecule has 2 atom stereocenters. The van der Waals surface area contributed by atoms with Crippen LogP contribution in [0.4, 0.5) is 0 Å². The molecule has 1 fully saturated rings. The van der Waals surface area contributed by atoms with Crippen molar-refractivity contribution in [3.05, 3.63) is 16.1 Å². The molecule has 0 radical (unpaired) electrons. The topological polar surface area (TPSA) is 54.0 Å². The molecule has 6 heteroatoms. The smallest absolute Gasteiger partial charge is 0.224 e. The van der Waals surface area contributed by atoms with Gasteiger partial charge in [0.25, 0.3) is 0 Å². The summed E-state index contributed by atoms with van der Waals surface area (Å²) >= 11 is 1.68. The predicted octanol–water partition coefficient (Wildman–Crippen LogP) is 1.91. The van der Waals surface area contributed by atoms with Gasteiger partial charge in [0.15, 0.2) is 0 Å². The van der Waals surface area contributed by atoms with E-state index < -0.39 is 0 Å². The molecule has 0 aromatic carbocycles. The fourth-order valence-corrected chi connectivity index (χ4v) is 2.82. The second-order valence-electron chi connectivity index (χ2n) is 4.44. The number of thiazole rings is 1. The molecule has 1 aromatic rings. The van der Waals surface area contributed by atoms with E-state index in [1.54, 1.807) is 11.3 Å². The number of aryl methyl sites for hydroxylation is 1. The molecule has 1 saturated heterocycles. The quantitative estimate of drug-likeness (QED) is 0.890. The lowest BCUT2D eigenvalue weighted by Crippen LogP contribution is -2.33. The van der Waals surface area contributed by atoms with E-state index in [1.807, 2.05) is 13.1 Å². The zero-order valence-corrected chi connectivity index (χ0v) is 12.4. The summed E-state index contributed by atoms with van der Waals surface area (Å²) in [6.45, 7) is 5.86. The highest BCUT2D eigenvalue weighted by Gasteiger charge is 2.24. The normalized spacial score (nSPS) is 20.2. The van der Waals surface area contributed by atoms with Crippen LogP contribution in [-0.4, -0.2) is 24.0 Å². The number of carbonyl (C=O) groups is 1. The van der Waals surface area contributed by atoms with Crippen molar-refractivity contribution in [3.8, 4) is 0 Å². The van der Waals surface area contributed by atoms with Crippen molar-refractivity contribution in [2.24, 2.45) is 5.92 Å². The molecular formula is C12H20ClN3OS. The third-order valence-corrected chi connectivity index (χ3v) is 4.40. The second-order valence-corrected chi connectivity index (χ2v) is 5.59. The number of nitrogens with one attached hydrogen (secondary N) is 2. The Morgan fingerprint density at radius 2 is 2.50 bits per heavy atom. The zero-order chi connectivity index (χ0) is 12.3. The number of hydrogen-bond acceptors (Lipinski definition) is 4. The molecule has 2 unspecified atom stereocenters. The first-order valence-corrected chi connectivity index (χ1v) is 6.98. The summed E-state index contributed by atoms with van der Waals surface area (Å²) in [5, 5.41) is 7.25. The van der Waals surface area contributed by atoms with Crippen molar-refractivity contribution in [2.45, 2.75) is 32.7 Å². The molecule has 2 rings (SSSR count). The number of nitrogens with zero attached hydrogens (tertiary/aromatic N) is 1. The molecule has 1 aromatic heterocycles. The SMILES string of the molecule is CCc1cnc(C(C)NC(=O)C2CCNC2)s1.Cl. The Labute approximate surface area is 118 Å². The highest BCUT2D eigenvalue weighted by atomic mass is 35.5. The fraction of sp³-hybridized carbons (Fsp3) is 0.667. The molecule has 2 heterocycles. The average molecular weight is 290 g/mol. The Morgan fingerprint density at radius 3 is 3.06 bits per heavy atom. The standard InChI is InChI=1S/C12H19N3OS.ClH/c1-3-10-7-14-12(17-10)8(2)15-11(16)9-4-5-13-6-9;/h7-9,13H,3-6H2,1-2H3,(H,15,16);1H. The van der Waals surface area contributed by atoms with Crippen molar-refractivity contribution in [1.29, 1.82) is 0 Å². The summed E-state index contributed by atoms with van der Waals surface area (Å²) in [7, 11) is 0. The van der Waals surface area contributed by atoms with Crippen LogP contribution < -0.4 is 10.6 Å². The predicted molar refractivity (Wildman–Crippen MR) is 76.3 cm³/mol. The van der Waals surface area contributed by atoms with Gasteiger partial charge in [-0.15, -0.1) is 23.7 Å². The Balaban J connectivity index is 0.00000162. The van der Waals surface area contributed by atoms with Gasteiger partial charge in [-0.05, 0) is 26.3 Å². The minimum Gasteiger partial charge on any atom is -0.347 e. The van der Waals surface area contributed by atoms with Crippen molar-refractivity contribution in [2.75, 3.05) is 13.1 Å². The Bertz CT molecular complexity index is 390. The van der Waals surface area contributed by atoms with Gasteiger partial charge in [-0.3, -0.25) is 4.79 Å². The molecule has 0 bridgehead atoms. The second kappa shape index (κ2) is 7.07. The average Bonchev–Trinajstić information content (AvgIpc) is 3.00. The highest BCUT2D eigenvalue weighted by Crippen LogP contribution is 2.21. The van der Waals surface area contributed by atoms with Gasteiger partial charge in [0, 0.05) is 17.6 Å². The number of carbonyl (C=O) groups excluding carboxylic acids is 1. The molecule has 1 amide bonds. The highest BCUT2D eigenvalue weighted by molar-refractivity contribution is 7.11. The van der Waals surface area contributed by atoms with Crippen molar-refractivity contribution >= 4 is 29.7 Å². The van der Waals surface area contributed by atoms with E-state index in [0.717, 1.165) is 30.9 Å². The Hall–Kier alpha value is -0.650. The van der Waals surface area contributed by atoms with Crippen LogP contribution in [0.25, 0.3) is 0 Å². The first kappa shape index (κ1) is 15.4. The molecule has 0 saturated carbocycles. The number of hydrogen-bond donors (Lipinski definition) is 2. The van der Waals surface area contributed by atoms with Crippen LogP contribution >= 0.6 is 23.7 Å². The number of amides is 1. The molecule has 0 aliphatic carbocycles. The number of aromatic nitrogens is 1. The van der Waals surface area contributed by atoms with E-state index in [0.29, 0.717) is 0 Å². The van der Waals surface area contributed by atoms with Gasteiger partial charge in [-0.1, -0.05) is 6.92 Å². The van der Waals surface area contributed by atoms with Crippen LogP contribution in [0.1, 0.15) is 36.2 Å². The van der Waals surface area contributed by atoms with E-state index in [4.69, 9.17) is 0 Å². The fourth-order valence-electron chi connectivity index (χ4n) is 1.96. The summed E-state index contributed by atoms with van der Waals surface area (Å²) in [6, 6.07) is 0.0217. The minimum absolute atomic E-state index is 0. The van der Waals surface area contributed by atoms with Crippen LogP contribution in [-0.2, 0) is 11.2 Å². The Morgan fingerprint density at radius 1 is 1.72 bits per heavy atom. The van der Waals surface area contributed by atoms with Crippen LogP contribution in [0.2, 0.25) is 0 Å². The molecule has 1 aliphatic rings. The van der Waals surface area contributed by atoms with Crippen molar-refractivity contribution in [3.63, 3.8) is 0 Å². The van der Waals surface area contributed by atoms with Crippen molar-refractivity contribution < 1.29 is 4.79 Å². The van der Waals surface area contributed by atoms with Gasteiger partial charge >= 0.3 is 0 Å². The number of halogens is 1. The van der Waals surface area contributed by atoms with Gasteiger partial charge < -0.3 is 10.6 Å². The summed E-state index contributed by atoms with van der Waals surface area (Å²) in [5.41, 5.74) is 0. The van der Waals surface area contributed by atoms with E-state index >= 15 is 0 Å². The summed E-state index contributed by atoms with van der Waals surface area (Å²) in [4.78, 5) is 17.6. The lowest BCUT2D eigenvalue weighted by molar-refractivity contribution is -0.125. The van der Waals surface area contributed by atoms with Crippen LogP contribution in [0.3, 0.4) is 0 Å². The zero-order valence-electron chi connectivity index (χ0n) is 10.7. The third-order valence-electron chi connectivity index (χ3n) is 3.08. The molecular weight excluding hydrogens is 270 g/mol. The Kier molecular flexibility index (Phi) is 6.05.